The first-order valence-electron chi connectivity index (χ1n) is 14.1. The average Bonchev–Trinajstić information content (AvgIpc) is 3.29. The number of hydrogen-bond donors (Lipinski definition) is 1. The number of methoxy groups -OCH3 is 4. The van der Waals surface area contributed by atoms with Crippen LogP contribution in [0.25, 0.3) is 22.1 Å². The van der Waals surface area contributed by atoms with Gasteiger partial charge in [0.1, 0.15) is 11.3 Å². The summed E-state index contributed by atoms with van der Waals surface area (Å²) >= 11 is 0. The number of amides is 1. The van der Waals surface area contributed by atoms with Crippen molar-refractivity contribution in [1.29, 1.82) is 0 Å². The summed E-state index contributed by atoms with van der Waals surface area (Å²) in [6.45, 7) is 1.55. The molecule has 4 rings (SSSR count). The molecule has 3 aromatic rings. The summed E-state index contributed by atoms with van der Waals surface area (Å²) < 4.78 is 28.2. The number of ether oxygens (including phenoxy) is 4. The smallest absolute Gasteiger partial charge is 0.305 e. The van der Waals surface area contributed by atoms with Gasteiger partial charge in [0.05, 0.1) is 34.5 Å². The first-order valence-corrected chi connectivity index (χ1v) is 14.1. The Labute approximate surface area is 236 Å². The molecular weight excluding hydrogens is 510 g/mol. The minimum Gasteiger partial charge on any atom is -0.493 e. The van der Waals surface area contributed by atoms with Crippen LogP contribution in [0.4, 0.5) is 0 Å². The normalized spacial score (nSPS) is 14.2. The number of carbonyl (C=O) groups excluding carboxylic acids is 2. The molecule has 1 aliphatic carbocycles. The third kappa shape index (κ3) is 6.54. The molecule has 1 N–H and O–H groups in total. The van der Waals surface area contributed by atoms with Gasteiger partial charge in [-0.05, 0) is 66.6 Å². The van der Waals surface area contributed by atoms with E-state index in [0.717, 1.165) is 96.8 Å². The number of benzene rings is 2. The zero-order valence-electron chi connectivity index (χ0n) is 24.3. The molecule has 1 amide bonds. The number of hydrogen-bond acceptors (Lipinski definition) is 7. The van der Waals surface area contributed by atoms with Gasteiger partial charge in [-0.3, -0.25) is 9.59 Å². The lowest BCUT2D eigenvalue weighted by Crippen LogP contribution is -2.26. The molecule has 0 bridgehead atoms. The van der Waals surface area contributed by atoms with Crippen LogP contribution in [0.2, 0.25) is 0 Å². The summed E-state index contributed by atoms with van der Waals surface area (Å²) in [6.07, 6.45) is 9.16. The molecule has 0 saturated carbocycles. The molecule has 1 atom stereocenters. The van der Waals surface area contributed by atoms with Gasteiger partial charge in [-0.1, -0.05) is 25.7 Å². The maximum atomic E-state index is 12.2. The van der Waals surface area contributed by atoms with Crippen molar-refractivity contribution in [1.82, 2.24) is 5.32 Å². The first kappa shape index (κ1) is 29.3. The minimum atomic E-state index is -0.168. The number of carbonyl (C=O) groups is 2. The summed E-state index contributed by atoms with van der Waals surface area (Å²) in [5.41, 5.74) is 4.85. The number of aryl methyl sites for hydroxylation is 2. The van der Waals surface area contributed by atoms with Crippen LogP contribution >= 0.6 is 0 Å². The van der Waals surface area contributed by atoms with Crippen LogP contribution < -0.4 is 19.5 Å². The zero-order valence-corrected chi connectivity index (χ0v) is 24.3. The third-order valence-electron chi connectivity index (χ3n) is 7.66. The van der Waals surface area contributed by atoms with Gasteiger partial charge < -0.3 is 28.7 Å². The van der Waals surface area contributed by atoms with Crippen LogP contribution in [-0.2, 0) is 27.2 Å². The maximum Gasteiger partial charge on any atom is 0.305 e. The molecule has 0 unspecified atom stereocenters. The molecule has 2 aromatic carbocycles. The summed E-state index contributed by atoms with van der Waals surface area (Å²) in [4.78, 5) is 23.4. The fourth-order valence-corrected chi connectivity index (χ4v) is 5.71. The van der Waals surface area contributed by atoms with Crippen molar-refractivity contribution in [2.24, 2.45) is 0 Å². The van der Waals surface area contributed by atoms with Crippen LogP contribution in [0, 0.1) is 0 Å². The van der Waals surface area contributed by atoms with E-state index in [4.69, 9.17) is 23.4 Å². The second-order valence-electron chi connectivity index (χ2n) is 10.4. The Morgan fingerprint density at radius 3 is 2.30 bits per heavy atom. The summed E-state index contributed by atoms with van der Waals surface area (Å²) in [7, 11) is 6.30. The Balaban J connectivity index is 1.59. The lowest BCUT2D eigenvalue weighted by atomic mass is 9.92. The zero-order chi connectivity index (χ0) is 28.6. The second-order valence-corrected chi connectivity index (χ2v) is 10.4. The molecule has 0 fully saturated rings. The summed E-state index contributed by atoms with van der Waals surface area (Å²) in [6, 6.07) is 8.18. The fourth-order valence-electron chi connectivity index (χ4n) is 5.71. The lowest BCUT2D eigenvalue weighted by molar-refractivity contribution is -0.140. The lowest BCUT2D eigenvalue weighted by Gasteiger charge is -2.21. The van der Waals surface area contributed by atoms with Crippen molar-refractivity contribution in [3.05, 3.63) is 41.2 Å². The monoisotopic (exact) mass is 551 g/mol. The Morgan fingerprint density at radius 2 is 1.62 bits per heavy atom. The van der Waals surface area contributed by atoms with Gasteiger partial charge in [-0.25, -0.2) is 0 Å². The standard InChI is InChI=1S/C32H41NO7/c1-20(34)33-26-15-14-21-18-28(36-2)31(38-4)32(39-5)30(21)25-17-22-16-23(40-27(22)19-24(25)26)12-10-8-6-7-9-11-13-29(35)37-3/h16-19,26H,6-15H2,1-5H3,(H,33,34)/t26-/m0/s1. The second kappa shape index (κ2) is 13.6. The summed E-state index contributed by atoms with van der Waals surface area (Å²) in [5, 5.41) is 4.16. The van der Waals surface area contributed by atoms with Crippen LogP contribution in [0.3, 0.4) is 0 Å². The van der Waals surface area contributed by atoms with Crippen molar-refractivity contribution >= 4 is 22.8 Å². The Kier molecular flexibility index (Phi) is 9.96. The highest BCUT2D eigenvalue weighted by Gasteiger charge is 2.30. The summed E-state index contributed by atoms with van der Waals surface area (Å²) in [5.74, 6) is 2.53. The Bertz CT molecular complexity index is 1340. The van der Waals surface area contributed by atoms with Crippen molar-refractivity contribution in [2.45, 2.75) is 77.2 Å². The Hall–Kier alpha value is -3.68. The first-order chi connectivity index (χ1) is 19.4. The maximum absolute atomic E-state index is 12.2. The van der Waals surface area contributed by atoms with Crippen molar-refractivity contribution in [3.8, 4) is 28.4 Å². The number of nitrogens with one attached hydrogen (secondary N) is 1. The topological polar surface area (TPSA) is 96.2 Å². The molecule has 0 saturated heterocycles. The predicted molar refractivity (Wildman–Crippen MR) is 154 cm³/mol. The molecule has 1 heterocycles. The highest BCUT2D eigenvalue weighted by atomic mass is 16.5. The molecule has 40 heavy (non-hydrogen) atoms. The van der Waals surface area contributed by atoms with E-state index in [2.05, 4.69) is 23.5 Å². The molecule has 0 radical (unpaired) electrons. The van der Waals surface area contributed by atoms with E-state index in [9.17, 15) is 9.59 Å². The van der Waals surface area contributed by atoms with Gasteiger partial charge in [-0.15, -0.1) is 0 Å². The van der Waals surface area contributed by atoms with E-state index >= 15 is 0 Å². The van der Waals surface area contributed by atoms with Gasteiger partial charge >= 0.3 is 5.97 Å². The molecule has 0 spiro atoms. The van der Waals surface area contributed by atoms with Crippen molar-refractivity contribution < 1.29 is 33.0 Å². The van der Waals surface area contributed by atoms with Crippen LogP contribution in [0.15, 0.2) is 28.7 Å². The molecular formula is C32H41NO7. The highest BCUT2D eigenvalue weighted by molar-refractivity contribution is 5.91. The number of furan rings is 1. The van der Waals surface area contributed by atoms with E-state index in [1.165, 1.54) is 7.11 Å². The van der Waals surface area contributed by atoms with E-state index in [0.29, 0.717) is 23.7 Å². The van der Waals surface area contributed by atoms with Crippen molar-refractivity contribution in [2.75, 3.05) is 28.4 Å². The van der Waals surface area contributed by atoms with E-state index in [1.807, 2.05) is 6.07 Å². The number of esters is 1. The number of fused-ring (bicyclic) bond motifs is 4. The SMILES string of the molecule is COC(=O)CCCCCCCCc1cc2cc3c(cc2o1)[C@@H](NC(C)=O)CCc1cc(OC)c(OC)c(OC)c1-3. The van der Waals surface area contributed by atoms with Gasteiger partial charge in [0.2, 0.25) is 11.7 Å². The fraction of sp³-hybridized carbons (Fsp3) is 0.500. The van der Waals surface area contributed by atoms with Gasteiger partial charge in [0.25, 0.3) is 0 Å². The molecule has 1 aliphatic rings. The van der Waals surface area contributed by atoms with Crippen molar-refractivity contribution in [3.63, 3.8) is 0 Å². The third-order valence-corrected chi connectivity index (χ3v) is 7.66. The Morgan fingerprint density at radius 1 is 0.900 bits per heavy atom. The molecule has 0 aliphatic heterocycles. The minimum absolute atomic E-state index is 0.0745. The van der Waals surface area contributed by atoms with Gasteiger partial charge in [-0.2, -0.15) is 0 Å². The molecule has 216 valence electrons. The molecule has 8 heteroatoms. The predicted octanol–water partition coefficient (Wildman–Crippen LogP) is 6.70. The van der Waals surface area contributed by atoms with Crippen LogP contribution in [0.1, 0.15) is 81.2 Å². The van der Waals surface area contributed by atoms with Crippen LogP contribution in [0.5, 0.6) is 17.2 Å². The van der Waals surface area contributed by atoms with Gasteiger partial charge in [0.15, 0.2) is 11.5 Å². The highest BCUT2D eigenvalue weighted by Crippen LogP contribution is 2.51. The van der Waals surface area contributed by atoms with Gasteiger partial charge in [0, 0.05) is 30.7 Å². The largest absolute Gasteiger partial charge is 0.493 e. The van der Waals surface area contributed by atoms with E-state index in [-0.39, 0.29) is 17.9 Å². The number of unbranched alkanes of at least 4 members (excludes halogenated alkanes) is 5. The quantitative estimate of drug-likeness (QED) is 0.187. The molecule has 8 nitrogen and oxygen atoms in total. The van der Waals surface area contributed by atoms with E-state index in [1.54, 1.807) is 28.3 Å². The number of rotatable bonds is 13. The van der Waals surface area contributed by atoms with E-state index < -0.39 is 0 Å². The molecule has 1 aromatic heterocycles. The average molecular weight is 552 g/mol. The van der Waals surface area contributed by atoms with Crippen LogP contribution in [-0.4, -0.2) is 40.3 Å².